The predicted molar refractivity (Wildman–Crippen MR) is 102 cm³/mol. The predicted octanol–water partition coefficient (Wildman–Crippen LogP) is 3.52. The summed E-state index contributed by atoms with van der Waals surface area (Å²) in [6.45, 7) is 4.34. The minimum atomic E-state index is 0.525. The molecule has 0 aliphatic carbocycles. The molecule has 2 N–H and O–H groups in total. The molecule has 1 aromatic heterocycles. The summed E-state index contributed by atoms with van der Waals surface area (Å²) in [5.41, 5.74) is 6.50. The molecule has 1 saturated heterocycles. The molecule has 1 atom stereocenters. The zero-order valence-corrected chi connectivity index (χ0v) is 14.6. The van der Waals surface area contributed by atoms with Gasteiger partial charge in [0, 0.05) is 36.8 Å². The molecule has 128 valence electrons. The van der Waals surface area contributed by atoms with Crippen LogP contribution in [-0.4, -0.2) is 28.7 Å². The van der Waals surface area contributed by atoms with Crippen LogP contribution in [0.3, 0.4) is 0 Å². The van der Waals surface area contributed by atoms with Crippen molar-refractivity contribution in [1.82, 2.24) is 14.9 Å². The van der Waals surface area contributed by atoms with Gasteiger partial charge in [0.25, 0.3) is 0 Å². The number of anilines is 1. The third-order valence-electron chi connectivity index (χ3n) is 5.60. The van der Waals surface area contributed by atoms with Crippen molar-refractivity contribution in [2.75, 3.05) is 18.4 Å². The molecule has 0 saturated carbocycles. The molecule has 0 radical (unpaired) electrons. The number of rotatable bonds is 3. The van der Waals surface area contributed by atoms with Crippen LogP contribution in [-0.2, 0) is 12.8 Å². The third-order valence-corrected chi connectivity index (χ3v) is 5.60. The maximum absolute atomic E-state index is 5.14. The highest BCUT2D eigenvalue weighted by Crippen LogP contribution is 2.34. The summed E-state index contributed by atoms with van der Waals surface area (Å²) in [7, 11) is 0. The van der Waals surface area contributed by atoms with Gasteiger partial charge in [-0.05, 0) is 37.5 Å². The third kappa shape index (κ3) is 2.52. The first kappa shape index (κ1) is 15.0. The Morgan fingerprint density at radius 3 is 2.72 bits per heavy atom. The van der Waals surface area contributed by atoms with E-state index in [1.807, 2.05) is 0 Å². The number of aryl methyl sites for hydroxylation is 1. The topological polar surface area (TPSA) is 41.9 Å². The van der Waals surface area contributed by atoms with Gasteiger partial charge in [-0.15, -0.1) is 0 Å². The average Bonchev–Trinajstić information content (AvgIpc) is 2.92. The van der Waals surface area contributed by atoms with Crippen LogP contribution in [0, 0.1) is 0 Å². The standard InChI is InChI=1S/C21H24N4/c1-14-7-8-17-18(23-14)9-10-19-21(17)24-20(25(19)16-12-22-13-16)11-15-5-3-2-4-6-15/h2-6,9-10,14,16,22-23H,7-8,11-13H2,1H3/t14-/m0/s1. The molecule has 3 heterocycles. The molecule has 2 aliphatic rings. The van der Waals surface area contributed by atoms with Gasteiger partial charge >= 0.3 is 0 Å². The SMILES string of the molecule is C[C@H]1CCc2c(ccc3c2nc(Cc2ccccc2)n3C2CNC2)N1. The monoisotopic (exact) mass is 332 g/mol. The number of imidazole rings is 1. The summed E-state index contributed by atoms with van der Waals surface area (Å²) in [5, 5.41) is 7.04. The van der Waals surface area contributed by atoms with Gasteiger partial charge in [-0.3, -0.25) is 0 Å². The van der Waals surface area contributed by atoms with Crippen LogP contribution in [0.1, 0.15) is 36.3 Å². The van der Waals surface area contributed by atoms with Crippen LogP contribution in [0.5, 0.6) is 0 Å². The smallest absolute Gasteiger partial charge is 0.114 e. The van der Waals surface area contributed by atoms with E-state index >= 15 is 0 Å². The van der Waals surface area contributed by atoms with Gasteiger partial charge in [0.2, 0.25) is 0 Å². The summed E-state index contributed by atoms with van der Waals surface area (Å²) in [6.07, 6.45) is 3.19. The van der Waals surface area contributed by atoms with Gasteiger partial charge in [-0.1, -0.05) is 30.3 Å². The second kappa shape index (κ2) is 5.88. The molecule has 1 fully saturated rings. The maximum atomic E-state index is 5.14. The van der Waals surface area contributed by atoms with Crippen molar-refractivity contribution in [2.24, 2.45) is 0 Å². The number of aromatic nitrogens is 2. The molecule has 4 nitrogen and oxygen atoms in total. The summed E-state index contributed by atoms with van der Waals surface area (Å²) < 4.78 is 2.48. The highest BCUT2D eigenvalue weighted by Gasteiger charge is 2.27. The molecule has 2 aliphatic heterocycles. The normalized spacial score (nSPS) is 20.1. The zero-order chi connectivity index (χ0) is 16.8. The molecule has 25 heavy (non-hydrogen) atoms. The Kier molecular flexibility index (Phi) is 3.52. The molecule has 3 aromatic rings. The number of nitrogens with zero attached hydrogens (tertiary/aromatic N) is 2. The van der Waals surface area contributed by atoms with Crippen LogP contribution in [0.25, 0.3) is 11.0 Å². The zero-order valence-electron chi connectivity index (χ0n) is 14.6. The summed E-state index contributed by atoms with van der Waals surface area (Å²) >= 11 is 0. The van der Waals surface area contributed by atoms with Crippen molar-refractivity contribution in [3.63, 3.8) is 0 Å². The van der Waals surface area contributed by atoms with Crippen LogP contribution < -0.4 is 10.6 Å². The van der Waals surface area contributed by atoms with Crippen LogP contribution >= 0.6 is 0 Å². The van der Waals surface area contributed by atoms with E-state index in [1.54, 1.807) is 0 Å². The lowest BCUT2D eigenvalue weighted by atomic mass is 9.97. The quantitative estimate of drug-likeness (QED) is 0.771. The fourth-order valence-electron chi connectivity index (χ4n) is 4.12. The lowest BCUT2D eigenvalue weighted by molar-refractivity contribution is 0.344. The van der Waals surface area contributed by atoms with Crippen molar-refractivity contribution in [3.8, 4) is 0 Å². The highest BCUT2D eigenvalue weighted by molar-refractivity contribution is 5.86. The van der Waals surface area contributed by atoms with Crippen LogP contribution in [0.15, 0.2) is 42.5 Å². The Labute approximate surface area is 148 Å². The fraction of sp³-hybridized carbons (Fsp3) is 0.381. The lowest BCUT2D eigenvalue weighted by Crippen LogP contribution is -2.43. The first-order chi connectivity index (χ1) is 12.3. The van der Waals surface area contributed by atoms with Crippen molar-refractivity contribution in [2.45, 2.75) is 38.3 Å². The number of hydrogen-bond donors (Lipinski definition) is 2. The van der Waals surface area contributed by atoms with E-state index < -0.39 is 0 Å². The minimum Gasteiger partial charge on any atom is -0.382 e. The fourth-order valence-corrected chi connectivity index (χ4v) is 4.12. The van der Waals surface area contributed by atoms with Gasteiger partial charge in [0.15, 0.2) is 0 Å². The summed E-state index contributed by atoms with van der Waals surface area (Å²) in [4.78, 5) is 5.14. The Morgan fingerprint density at radius 1 is 1.12 bits per heavy atom. The van der Waals surface area contributed by atoms with Crippen LogP contribution in [0.2, 0.25) is 0 Å². The van der Waals surface area contributed by atoms with Gasteiger partial charge in [-0.25, -0.2) is 4.98 Å². The van der Waals surface area contributed by atoms with E-state index in [0.717, 1.165) is 25.9 Å². The largest absolute Gasteiger partial charge is 0.382 e. The molecular formula is C21H24N4. The van der Waals surface area contributed by atoms with Crippen LogP contribution in [0.4, 0.5) is 5.69 Å². The molecule has 0 amide bonds. The van der Waals surface area contributed by atoms with E-state index in [9.17, 15) is 0 Å². The molecular weight excluding hydrogens is 308 g/mol. The summed E-state index contributed by atoms with van der Waals surface area (Å²) in [6, 6.07) is 16.3. The Bertz CT molecular complexity index is 909. The van der Waals surface area contributed by atoms with Crippen molar-refractivity contribution in [1.29, 1.82) is 0 Å². The molecule has 2 aromatic carbocycles. The van der Waals surface area contributed by atoms with E-state index in [1.165, 1.54) is 40.1 Å². The number of fused-ring (bicyclic) bond motifs is 3. The Hall–Kier alpha value is -2.33. The first-order valence-corrected chi connectivity index (χ1v) is 9.33. The van der Waals surface area contributed by atoms with E-state index in [0.29, 0.717) is 12.1 Å². The van der Waals surface area contributed by atoms with Crippen molar-refractivity contribution < 1.29 is 0 Å². The maximum Gasteiger partial charge on any atom is 0.114 e. The van der Waals surface area contributed by atoms with Crippen molar-refractivity contribution in [3.05, 3.63) is 59.4 Å². The Balaban J connectivity index is 1.65. The second-order valence-corrected chi connectivity index (χ2v) is 7.42. The van der Waals surface area contributed by atoms with Gasteiger partial charge in [0.1, 0.15) is 5.82 Å². The lowest BCUT2D eigenvalue weighted by Gasteiger charge is -2.31. The molecule has 5 rings (SSSR count). The van der Waals surface area contributed by atoms with Gasteiger partial charge in [0.05, 0.1) is 17.1 Å². The number of nitrogens with one attached hydrogen (secondary N) is 2. The molecule has 0 bridgehead atoms. The van der Waals surface area contributed by atoms with Gasteiger partial charge < -0.3 is 15.2 Å². The summed E-state index contributed by atoms with van der Waals surface area (Å²) in [5.74, 6) is 1.19. The highest BCUT2D eigenvalue weighted by atomic mass is 15.2. The number of hydrogen-bond acceptors (Lipinski definition) is 3. The van der Waals surface area contributed by atoms with E-state index in [-0.39, 0.29) is 0 Å². The molecule has 0 spiro atoms. The number of benzene rings is 2. The van der Waals surface area contributed by atoms with E-state index in [2.05, 4.69) is 64.6 Å². The Morgan fingerprint density at radius 2 is 1.96 bits per heavy atom. The van der Waals surface area contributed by atoms with Gasteiger partial charge in [-0.2, -0.15) is 0 Å². The minimum absolute atomic E-state index is 0.525. The molecule has 0 unspecified atom stereocenters. The van der Waals surface area contributed by atoms with E-state index in [4.69, 9.17) is 4.98 Å². The average molecular weight is 332 g/mol. The van der Waals surface area contributed by atoms with Crippen molar-refractivity contribution >= 4 is 16.7 Å². The first-order valence-electron chi connectivity index (χ1n) is 9.33. The molecule has 4 heteroatoms. The second-order valence-electron chi connectivity index (χ2n) is 7.42.